The maximum absolute atomic E-state index is 12.2. The van der Waals surface area contributed by atoms with Gasteiger partial charge in [-0.3, -0.25) is 25.0 Å². The van der Waals surface area contributed by atoms with Crippen LogP contribution >= 0.6 is 11.6 Å². The van der Waals surface area contributed by atoms with Crippen LogP contribution in [0.25, 0.3) is 0 Å². The van der Waals surface area contributed by atoms with Gasteiger partial charge in [0.15, 0.2) is 0 Å². The minimum absolute atomic E-state index is 0.0765. The summed E-state index contributed by atoms with van der Waals surface area (Å²) in [6.45, 7) is 0. The number of nitro benzene ring substituents is 2. The number of amides is 1. The SMILES string of the molecule is N#C/C(=C/Nc1cccc([N+](=O)[O-])c1)C(=O)Nc1ccc(Cl)c([N+](=O)[O-])c1. The van der Waals surface area contributed by atoms with Gasteiger partial charge in [-0.05, 0) is 18.2 Å². The number of nitrogens with one attached hydrogen (secondary N) is 2. The molecule has 27 heavy (non-hydrogen) atoms. The average Bonchev–Trinajstić information content (AvgIpc) is 2.63. The first-order valence-corrected chi connectivity index (χ1v) is 7.56. The van der Waals surface area contributed by atoms with Crippen molar-refractivity contribution >= 4 is 40.3 Å². The van der Waals surface area contributed by atoms with E-state index in [1.165, 1.54) is 36.4 Å². The summed E-state index contributed by atoms with van der Waals surface area (Å²) in [5, 5.41) is 35.6. The number of hydrogen-bond acceptors (Lipinski definition) is 7. The number of carbonyl (C=O) groups excluding carboxylic acids is 1. The third-order valence-corrected chi connectivity index (χ3v) is 3.53. The van der Waals surface area contributed by atoms with E-state index >= 15 is 0 Å². The number of nitriles is 1. The molecule has 2 aromatic carbocycles. The number of nitrogens with zero attached hydrogens (tertiary/aromatic N) is 3. The van der Waals surface area contributed by atoms with Gasteiger partial charge in [0.25, 0.3) is 17.3 Å². The Morgan fingerprint density at radius 2 is 1.85 bits per heavy atom. The average molecular weight is 388 g/mol. The molecule has 0 aliphatic carbocycles. The van der Waals surface area contributed by atoms with E-state index in [-0.39, 0.29) is 22.0 Å². The number of anilines is 2. The highest BCUT2D eigenvalue weighted by Gasteiger charge is 2.15. The van der Waals surface area contributed by atoms with Gasteiger partial charge < -0.3 is 10.6 Å². The smallest absolute Gasteiger partial charge is 0.289 e. The van der Waals surface area contributed by atoms with Crippen LogP contribution in [0.2, 0.25) is 5.02 Å². The lowest BCUT2D eigenvalue weighted by molar-refractivity contribution is -0.384. The van der Waals surface area contributed by atoms with Crippen molar-refractivity contribution in [2.45, 2.75) is 0 Å². The monoisotopic (exact) mass is 387 g/mol. The maximum Gasteiger partial charge on any atom is 0.289 e. The molecule has 10 nitrogen and oxygen atoms in total. The molecule has 0 heterocycles. The molecule has 11 heteroatoms. The van der Waals surface area contributed by atoms with Crippen LogP contribution in [0.5, 0.6) is 0 Å². The van der Waals surface area contributed by atoms with E-state index in [9.17, 15) is 25.0 Å². The molecule has 0 aromatic heterocycles. The minimum Gasteiger partial charge on any atom is -0.360 e. The second-order valence-corrected chi connectivity index (χ2v) is 5.41. The predicted molar refractivity (Wildman–Crippen MR) is 97.2 cm³/mol. The van der Waals surface area contributed by atoms with Crippen molar-refractivity contribution in [3.05, 3.63) is 79.5 Å². The number of hydrogen-bond donors (Lipinski definition) is 2. The molecule has 0 spiro atoms. The van der Waals surface area contributed by atoms with E-state index in [0.29, 0.717) is 5.69 Å². The van der Waals surface area contributed by atoms with Gasteiger partial charge in [-0.2, -0.15) is 5.26 Å². The van der Waals surface area contributed by atoms with Crippen LogP contribution in [-0.2, 0) is 4.79 Å². The van der Waals surface area contributed by atoms with Crippen LogP contribution in [0.4, 0.5) is 22.7 Å². The molecule has 0 atom stereocenters. The Kier molecular flexibility index (Phi) is 6.03. The lowest BCUT2D eigenvalue weighted by atomic mass is 10.2. The summed E-state index contributed by atoms with van der Waals surface area (Å²) in [6.07, 6.45) is 1.07. The molecule has 0 fully saturated rings. The first-order chi connectivity index (χ1) is 12.8. The fraction of sp³-hybridized carbons (Fsp3) is 0. The Hall–Kier alpha value is -3.97. The molecule has 2 rings (SSSR count). The molecule has 0 radical (unpaired) electrons. The third-order valence-electron chi connectivity index (χ3n) is 3.21. The van der Waals surface area contributed by atoms with E-state index in [4.69, 9.17) is 16.9 Å². The van der Waals surface area contributed by atoms with Gasteiger partial charge >= 0.3 is 0 Å². The maximum atomic E-state index is 12.2. The molecule has 0 saturated carbocycles. The fourth-order valence-electron chi connectivity index (χ4n) is 1.94. The minimum atomic E-state index is -0.827. The second kappa shape index (κ2) is 8.41. The van der Waals surface area contributed by atoms with Gasteiger partial charge in [0, 0.05) is 35.8 Å². The lowest BCUT2D eigenvalue weighted by Crippen LogP contribution is -2.14. The van der Waals surface area contributed by atoms with Crippen LogP contribution in [0.3, 0.4) is 0 Å². The van der Waals surface area contributed by atoms with Crippen LogP contribution in [0, 0.1) is 31.6 Å². The molecule has 0 aliphatic heterocycles. The summed E-state index contributed by atoms with van der Waals surface area (Å²) < 4.78 is 0. The molecular formula is C16H10ClN5O5. The topological polar surface area (TPSA) is 151 Å². The van der Waals surface area contributed by atoms with Crippen molar-refractivity contribution in [3.63, 3.8) is 0 Å². The summed E-state index contributed by atoms with van der Waals surface area (Å²) in [5.74, 6) is -0.827. The summed E-state index contributed by atoms with van der Waals surface area (Å²) in [5.41, 5.74) is -0.532. The quantitative estimate of drug-likeness (QED) is 0.332. The molecule has 2 aromatic rings. The van der Waals surface area contributed by atoms with E-state index in [1.807, 2.05) is 0 Å². The largest absolute Gasteiger partial charge is 0.360 e. The third kappa shape index (κ3) is 5.00. The molecule has 1 amide bonds. The molecule has 2 N–H and O–H groups in total. The van der Waals surface area contributed by atoms with Crippen LogP contribution in [0.15, 0.2) is 54.2 Å². The van der Waals surface area contributed by atoms with Crippen molar-refractivity contribution in [1.29, 1.82) is 5.26 Å². The Balaban J connectivity index is 2.16. The number of halogens is 1. The molecular weight excluding hydrogens is 378 g/mol. The zero-order chi connectivity index (χ0) is 20.0. The number of carbonyl (C=O) groups is 1. The molecule has 136 valence electrons. The molecule has 0 aliphatic rings. The van der Waals surface area contributed by atoms with Crippen LogP contribution in [0.1, 0.15) is 0 Å². The summed E-state index contributed by atoms with van der Waals surface area (Å²) >= 11 is 5.69. The molecule has 0 bridgehead atoms. The first-order valence-electron chi connectivity index (χ1n) is 7.18. The van der Waals surface area contributed by atoms with Gasteiger partial charge in [-0.15, -0.1) is 0 Å². The van der Waals surface area contributed by atoms with E-state index in [0.717, 1.165) is 12.3 Å². The summed E-state index contributed by atoms with van der Waals surface area (Å²) in [6, 6.07) is 10.8. The first kappa shape index (κ1) is 19.4. The van der Waals surface area contributed by atoms with Crippen molar-refractivity contribution in [2.75, 3.05) is 10.6 Å². The van der Waals surface area contributed by atoms with Crippen molar-refractivity contribution in [1.82, 2.24) is 0 Å². The number of nitro groups is 2. The summed E-state index contributed by atoms with van der Waals surface area (Å²) in [7, 11) is 0. The standard InChI is InChI=1S/C16H10ClN5O5/c17-14-5-4-12(7-15(14)22(26)27)20-16(23)10(8-18)9-19-11-2-1-3-13(6-11)21(24)25/h1-7,9,19H,(H,20,23)/b10-9-. The lowest BCUT2D eigenvalue weighted by Gasteiger charge is -2.06. The van der Waals surface area contributed by atoms with Crippen molar-refractivity contribution in [3.8, 4) is 6.07 Å². The zero-order valence-electron chi connectivity index (χ0n) is 13.4. The number of non-ortho nitro benzene ring substituents is 1. The Morgan fingerprint density at radius 1 is 1.11 bits per heavy atom. The highest BCUT2D eigenvalue weighted by atomic mass is 35.5. The van der Waals surface area contributed by atoms with Crippen molar-refractivity contribution < 1.29 is 14.6 Å². The van der Waals surface area contributed by atoms with Gasteiger partial charge in [0.2, 0.25) is 0 Å². The fourth-order valence-corrected chi connectivity index (χ4v) is 2.13. The van der Waals surface area contributed by atoms with E-state index < -0.39 is 21.4 Å². The molecule has 0 unspecified atom stereocenters. The summed E-state index contributed by atoms with van der Waals surface area (Å²) in [4.78, 5) is 32.5. The van der Waals surface area contributed by atoms with Crippen LogP contribution < -0.4 is 10.6 Å². The van der Waals surface area contributed by atoms with Gasteiger partial charge in [-0.1, -0.05) is 17.7 Å². The van der Waals surface area contributed by atoms with Crippen LogP contribution in [-0.4, -0.2) is 15.8 Å². The highest BCUT2D eigenvalue weighted by molar-refractivity contribution is 6.32. The predicted octanol–water partition coefficient (Wildman–Crippen LogP) is 3.61. The van der Waals surface area contributed by atoms with E-state index in [2.05, 4.69) is 10.6 Å². The normalized spacial score (nSPS) is 10.6. The number of benzene rings is 2. The Morgan fingerprint density at radius 3 is 2.48 bits per heavy atom. The van der Waals surface area contributed by atoms with Gasteiger partial charge in [0.1, 0.15) is 16.7 Å². The number of rotatable bonds is 6. The van der Waals surface area contributed by atoms with Crippen molar-refractivity contribution in [2.24, 2.45) is 0 Å². The van der Waals surface area contributed by atoms with Gasteiger partial charge in [0.05, 0.1) is 9.85 Å². The van der Waals surface area contributed by atoms with Gasteiger partial charge in [-0.25, -0.2) is 0 Å². The Labute approximate surface area is 157 Å². The highest BCUT2D eigenvalue weighted by Crippen LogP contribution is 2.27. The Bertz CT molecular complexity index is 999. The second-order valence-electron chi connectivity index (χ2n) is 5.00. The molecule has 0 saturated heterocycles. The zero-order valence-corrected chi connectivity index (χ0v) is 14.1. The van der Waals surface area contributed by atoms with E-state index in [1.54, 1.807) is 6.07 Å².